The summed E-state index contributed by atoms with van der Waals surface area (Å²) in [6.07, 6.45) is -0.170. The molecule has 150 valence electrons. The highest BCUT2D eigenvalue weighted by Crippen LogP contribution is 2.24. The van der Waals surface area contributed by atoms with E-state index in [2.05, 4.69) is 0 Å². The van der Waals surface area contributed by atoms with E-state index in [9.17, 15) is 9.18 Å². The number of hydrogen-bond donors (Lipinski definition) is 1. The maximum atomic E-state index is 13.3. The van der Waals surface area contributed by atoms with Crippen LogP contribution >= 0.6 is 0 Å². The Balaban J connectivity index is 1.79. The number of ether oxygens (including phenoxy) is 3. The second-order valence-electron chi connectivity index (χ2n) is 7.12. The second-order valence-corrected chi connectivity index (χ2v) is 7.12. The molecule has 4 atom stereocenters. The summed E-state index contributed by atoms with van der Waals surface area (Å²) in [7, 11) is 0. The zero-order valence-corrected chi connectivity index (χ0v) is 15.9. The molecule has 1 fully saturated rings. The van der Waals surface area contributed by atoms with Crippen molar-refractivity contribution in [1.82, 2.24) is 0 Å². The summed E-state index contributed by atoms with van der Waals surface area (Å²) in [5.41, 5.74) is 7.80. The zero-order valence-electron chi connectivity index (χ0n) is 15.9. The van der Waals surface area contributed by atoms with E-state index in [1.807, 2.05) is 37.3 Å². The van der Waals surface area contributed by atoms with Gasteiger partial charge in [0, 0.05) is 5.92 Å². The van der Waals surface area contributed by atoms with Gasteiger partial charge in [-0.25, -0.2) is 4.39 Å². The Kier molecular flexibility index (Phi) is 7.14. The van der Waals surface area contributed by atoms with Crippen molar-refractivity contribution in [2.45, 2.75) is 38.2 Å². The van der Waals surface area contributed by atoms with E-state index < -0.39 is 18.1 Å². The first-order chi connectivity index (χ1) is 13.5. The van der Waals surface area contributed by atoms with Crippen molar-refractivity contribution in [2.75, 3.05) is 13.2 Å². The number of benzene rings is 2. The van der Waals surface area contributed by atoms with Crippen molar-refractivity contribution in [3.05, 3.63) is 71.5 Å². The topological polar surface area (TPSA) is 70.8 Å². The molecule has 1 aliphatic rings. The number of carbonyl (C=O) groups is 1. The SMILES string of the molecule is C[C@@H]1OC(=O)[C@@H](N)COC[C@H](OCc2ccccc2)[C@H]1Cc1ccc(F)cc1. The van der Waals surface area contributed by atoms with E-state index in [1.165, 1.54) is 12.1 Å². The van der Waals surface area contributed by atoms with Crippen LogP contribution < -0.4 is 5.73 Å². The van der Waals surface area contributed by atoms with E-state index in [1.54, 1.807) is 12.1 Å². The third kappa shape index (κ3) is 5.61. The number of esters is 1. The van der Waals surface area contributed by atoms with Crippen LogP contribution in [0.1, 0.15) is 18.1 Å². The van der Waals surface area contributed by atoms with Gasteiger partial charge in [-0.1, -0.05) is 42.5 Å². The first-order valence-corrected chi connectivity index (χ1v) is 9.46. The van der Waals surface area contributed by atoms with Gasteiger partial charge in [0.15, 0.2) is 0 Å². The lowest BCUT2D eigenvalue weighted by Crippen LogP contribution is -2.40. The smallest absolute Gasteiger partial charge is 0.325 e. The quantitative estimate of drug-likeness (QED) is 0.799. The predicted molar refractivity (Wildman–Crippen MR) is 103 cm³/mol. The summed E-state index contributed by atoms with van der Waals surface area (Å²) < 4.78 is 30.7. The van der Waals surface area contributed by atoms with Gasteiger partial charge < -0.3 is 19.9 Å². The molecule has 2 aromatic rings. The number of hydrogen-bond acceptors (Lipinski definition) is 5. The number of halogens is 1. The van der Waals surface area contributed by atoms with E-state index in [0.717, 1.165) is 11.1 Å². The van der Waals surface area contributed by atoms with Crippen LogP contribution in [0.15, 0.2) is 54.6 Å². The van der Waals surface area contributed by atoms with Crippen molar-refractivity contribution >= 4 is 5.97 Å². The first kappa shape index (κ1) is 20.5. The molecule has 28 heavy (non-hydrogen) atoms. The van der Waals surface area contributed by atoms with Crippen LogP contribution in [0.3, 0.4) is 0 Å². The normalized spacial score (nSPS) is 26.0. The zero-order chi connectivity index (χ0) is 19.9. The lowest BCUT2D eigenvalue weighted by atomic mass is 9.89. The summed E-state index contributed by atoms with van der Waals surface area (Å²) in [5, 5.41) is 0. The molecule has 1 aliphatic heterocycles. The average Bonchev–Trinajstić information content (AvgIpc) is 2.74. The van der Waals surface area contributed by atoms with Crippen LogP contribution in [0.2, 0.25) is 0 Å². The summed E-state index contributed by atoms with van der Waals surface area (Å²) in [6, 6.07) is 15.3. The molecule has 0 unspecified atom stereocenters. The van der Waals surface area contributed by atoms with Gasteiger partial charge in [-0.3, -0.25) is 4.79 Å². The number of cyclic esters (lactones) is 1. The summed E-state index contributed by atoms with van der Waals surface area (Å²) in [6.45, 7) is 2.64. The van der Waals surface area contributed by atoms with Gasteiger partial charge in [-0.15, -0.1) is 0 Å². The van der Waals surface area contributed by atoms with E-state index >= 15 is 0 Å². The molecule has 2 aromatic carbocycles. The maximum absolute atomic E-state index is 13.3. The molecule has 5 nitrogen and oxygen atoms in total. The molecule has 0 aromatic heterocycles. The van der Waals surface area contributed by atoms with Gasteiger partial charge in [-0.05, 0) is 36.6 Å². The molecule has 6 heteroatoms. The Hall–Kier alpha value is -2.28. The molecule has 0 amide bonds. The lowest BCUT2D eigenvalue weighted by Gasteiger charge is -2.31. The highest BCUT2D eigenvalue weighted by atomic mass is 19.1. The lowest BCUT2D eigenvalue weighted by molar-refractivity contribution is -0.154. The van der Waals surface area contributed by atoms with Crippen molar-refractivity contribution in [2.24, 2.45) is 11.7 Å². The number of nitrogens with two attached hydrogens (primary N) is 1. The van der Waals surface area contributed by atoms with Crippen molar-refractivity contribution in [3.63, 3.8) is 0 Å². The Morgan fingerprint density at radius 2 is 1.79 bits per heavy atom. The third-order valence-electron chi connectivity index (χ3n) is 4.96. The molecular weight excluding hydrogens is 361 g/mol. The summed E-state index contributed by atoms with van der Waals surface area (Å²) in [5.74, 6) is -0.937. The van der Waals surface area contributed by atoms with Crippen LogP contribution in [-0.4, -0.2) is 37.4 Å². The minimum absolute atomic E-state index is 0.0834. The van der Waals surface area contributed by atoms with Crippen LogP contribution in [0.25, 0.3) is 0 Å². The Labute approximate surface area is 164 Å². The van der Waals surface area contributed by atoms with Gasteiger partial charge in [0.1, 0.15) is 18.0 Å². The molecule has 0 bridgehead atoms. The second kappa shape index (κ2) is 9.78. The van der Waals surface area contributed by atoms with Crippen LogP contribution in [0, 0.1) is 11.7 Å². The fourth-order valence-electron chi connectivity index (χ4n) is 3.30. The minimum atomic E-state index is -0.818. The van der Waals surface area contributed by atoms with E-state index in [0.29, 0.717) is 19.6 Å². The maximum Gasteiger partial charge on any atom is 0.325 e. The van der Waals surface area contributed by atoms with Gasteiger partial charge in [-0.2, -0.15) is 0 Å². The molecule has 3 rings (SSSR count). The molecule has 0 aliphatic carbocycles. The predicted octanol–water partition coefficient (Wildman–Crippen LogP) is 2.86. The van der Waals surface area contributed by atoms with Gasteiger partial charge >= 0.3 is 5.97 Å². The van der Waals surface area contributed by atoms with Crippen LogP contribution in [0.5, 0.6) is 0 Å². The monoisotopic (exact) mass is 387 g/mol. The van der Waals surface area contributed by atoms with Crippen molar-refractivity contribution < 1.29 is 23.4 Å². The molecule has 2 N–H and O–H groups in total. The fraction of sp³-hybridized carbons (Fsp3) is 0.409. The third-order valence-corrected chi connectivity index (χ3v) is 4.96. The molecule has 0 spiro atoms. The minimum Gasteiger partial charge on any atom is -0.461 e. The summed E-state index contributed by atoms with van der Waals surface area (Å²) >= 11 is 0. The number of rotatable bonds is 5. The molecule has 0 saturated carbocycles. The molecule has 1 heterocycles. The van der Waals surface area contributed by atoms with Gasteiger partial charge in [0.05, 0.1) is 25.9 Å². The largest absolute Gasteiger partial charge is 0.461 e. The molecule has 1 saturated heterocycles. The van der Waals surface area contributed by atoms with Gasteiger partial charge in [0.2, 0.25) is 0 Å². The molecular formula is C22H26FNO4. The standard InChI is InChI=1S/C22H26FNO4/c1-15-19(11-16-7-9-18(23)10-8-16)21(14-26-13-20(24)22(25)28-15)27-12-17-5-3-2-4-6-17/h2-10,15,19-21H,11-14,24H2,1H3/t15-,19-,20-,21-/m0/s1. The average molecular weight is 387 g/mol. The molecule has 0 radical (unpaired) electrons. The van der Waals surface area contributed by atoms with Crippen LogP contribution in [0.4, 0.5) is 4.39 Å². The Bertz CT molecular complexity index is 753. The highest BCUT2D eigenvalue weighted by molar-refractivity contribution is 5.75. The van der Waals surface area contributed by atoms with Crippen molar-refractivity contribution in [3.8, 4) is 0 Å². The summed E-state index contributed by atoms with van der Waals surface area (Å²) in [4.78, 5) is 12.1. The van der Waals surface area contributed by atoms with Gasteiger partial charge in [0.25, 0.3) is 0 Å². The van der Waals surface area contributed by atoms with Crippen LogP contribution in [-0.2, 0) is 32.0 Å². The highest BCUT2D eigenvalue weighted by Gasteiger charge is 2.34. The first-order valence-electron chi connectivity index (χ1n) is 9.46. The fourth-order valence-corrected chi connectivity index (χ4v) is 3.30. The van der Waals surface area contributed by atoms with E-state index in [4.69, 9.17) is 19.9 Å². The van der Waals surface area contributed by atoms with Crippen molar-refractivity contribution in [1.29, 1.82) is 0 Å². The number of carbonyl (C=O) groups excluding carboxylic acids is 1. The van der Waals surface area contributed by atoms with E-state index in [-0.39, 0.29) is 24.4 Å². The Morgan fingerprint density at radius 3 is 2.50 bits per heavy atom. The Morgan fingerprint density at radius 1 is 1.07 bits per heavy atom.